The fourth-order valence-electron chi connectivity index (χ4n) is 8.93. The van der Waals surface area contributed by atoms with E-state index < -0.39 is 0 Å². The molecule has 2 aliphatic heterocycles. The van der Waals surface area contributed by atoms with Crippen molar-refractivity contribution in [2.75, 3.05) is 0 Å². The van der Waals surface area contributed by atoms with Gasteiger partial charge in [-0.3, -0.25) is 0 Å². The Morgan fingerprint density at radius 3 is 2.33 bits per heavy atom. The van der Waals surface area contributed by atoms with Crippen molar-refractivity contribution in [2.24, 2.45) is 5.92 Å². The third kappa shape index (κ3) is 4.51. The maximum Gasteiger partial charge on any atom is 0.142 e. The Morgan fingerprint density at radius 1 is 0.667 bits per heavy atom. The zero-order valence-electron chi connectivity index (χ0n) is 29.2. The smallest absolute Gasteiger partial charge is 0.142 e. The van der Waals surface area contributed by atoms with E-state index >= 15 is 0 Å². The first-order valence-corrected chi connectivity index (χ1v) is 19.4. The molecule has 0 radical (unpaired) electrons. The molecule has 1 fully saturated rings. The Balaban J connectivity index is 0.901. The average molecular weight is 706 g/mol. The van der Waals surface area contributed by atoms with Crippen LogP contribution >= 0.6 is 11.8 Å². The molecule has 4 aliphatic carbocycles. The monoisotopic (exact) mass is 705 g/mol. The lowest BCUT2D eigenvalue weighted by Gasteiger charge is -2.18. The Hall–Kier alpha value is -6.47. The molecule has 54 heavy (non-hydrogen) atoms. The van der Waals surface area contributed by atoms with E-state index in [1.54, 1.807) is 11.8 Å². The van der Waals surface area contributed by atoms with Crippen molar-refractivity contribution in [3.8, 4) is 11.4 Å². The second-order valence-corrected chi connectivity index (χ2v) is 15.8. The first-order valence-electron chi connectivity index (χ1n) is 18.6. The second-order valence-electron chi connectivity index (χ2n) is 14.7. The molecule has 2 nitrogen and oxygen atoms in total. The summed E-state index contributed by atoms with van der Waals surface area (Å²) in [6, 6.07) is 41.7. The zero-order valence-corrected chi connectivity index (χ0v) is 30.0. The molecule has 2 bridgehead atoms. The number of hydrogen-bond donors (Lipinski definition) is 0. The molecule has 1 aromatic heterocycles. The maximum atomic E-state index is 6.50. The van der Waals surface area contributed by atoms with Crippen molar-refractivity contribution in [2.45, 2.75) is 16.9 Å². The lowest BCUT2D eigenvalue weighted by atomic mass is 9.88. The number of hydrogen-bond acceptors (Lipinski definition) is 2. The standard InChI is InChI=1S/C51H31NOS/c1-2-11-33(24-32(10-1)34-12-9-13-35(25-34)37-27-39-31-51(39)46(29-37)44-16-5-8-19-49(44)53-51)36-20-22-41-28-38(26-36)45-30-40(21-23-50(45)54-41)52-47-17-6-3-14-42(47)43-15-4-7-18-48(43)52/h1-9,11-27,29-30,39H,31H2. The number of nitrogens with zero attached hydrogens (tertiary/aromatic N) is 1. The van der Waals surface area contributed by atoms with E-state index in [-0.39, 0.29) is 5.60 Å². The molecule has 12 rings (SSSR count). The van der Waals surface area contributed by atoms with Gasteiger partial charge in [-0.15, -0.1) is 5.73 Å². The summed E-state index contributed by atoms with van der Waals surface area (Å²) < 4.78 is 8.89. The zero-order chi connectivity index (χ0) is 35.4. The van der Waals surface area contributed by atoms with E-state index in [2.05, 4.69) is 180 Å². The Labute approximate surface area is 317 Å². The first-order chi connectivity index (χ1) is 26.7. The summed E-state index contributed by atoms with van der Waals surface area (Å²) in [7, 11) is 0. The largest absolute Gasteiger partial charge is 0.481 e. The number of rotatable bonds is 4. The molecule has 3 heteroatoms. The molecule has 3 heterocycles. The van der Waals surface area contributed by atoms with Crippen LogP contribution in [0.1, 0.15) is 28.7 Å². The minimum atomic E-state index is -0.157. The van der Waals surface area contributed by atoms with Gasteiger partial charge in [-0.2, -0.15) is 0 Å². The molecular formula is C51H31NOS. The molecular weight excluding hydrogens is 675 g/mol. The minimum Gasteiger partial charge on any atom is -0.481 e. The maximum absolute atomic E-state index is 6.50. The molecule has 5 aromatic carbocycles. The number of allylic oxidation sites excluding steroid dienone is 11. The van der Waals surface area contributed by atoms with Gasteiger partial charge in [0.1, 0.15) is 11.4 Å². The molecule has 0 N–H and O–H groups in total. The number of benzene rings is 5. The van der Waals surface area contributed by atoms with Crippen molar-refractivity contribution in [3.05, 3.63) is 220 Å². The molecule has 1 spiro atoms. The SMILES string of the molecule is C1=CC=CC(C2=CC3=C=C(C=C2)Sc2ccc(-n4c5ccccc5c5ccccc54)cc23)=CC=1c1cccc(C2=CC3CC34Oc3ccccc3C4=C2)c1. The van der Waals surface area contributed by atoms with Crippen molar-refractivity contribution in [1.82, 2.24) is 4.57 Å². The summed E-state index contributed by atoms with van der Waals surface area (Å²) in [5.74, 6) is 1.42. The Kier molecular flexibility index (Phi) is 6.27. The van der Waals surface area contributed by atoms with Gasteiger partial charge >= 0.3 is 0 Å². The number of thioether (sulfide) groups is 1. The number of aromatic nitrogens is 1. The van der Waals surface area contributed by atoms with E-state index in [1.165, 1.54) is 54.5 Å². The predicted molar refractivity (Wildman–Crippen MR) is 223 cm³/mol. The average Bonchev–Trinajstić information content (AvgIpc) is 3.85. The highest BCUT2D eigenvalue weighted by Crippen LogP contribution is 2.64. The van der Waals surface area contributed by atoms with Gasteiger partial charge in [0, 0.05) is 61.5 Å². The van der Waals surface area contributed by atoms with Gasteiger partial charge in [0.2, 0.25) is 0 Å². The van der Waals surface area contributed by atoms with Crippen LogP contribution < -0.4 is 4.74 Å². The fourth-order valence-corrected chi connectivity index (χ4v) is 9.88. The van der Waals surface area contributed by atoms with E-state index in [4.69, 9.17) is 4.74 Å². The lowest BCUT2D eigenvalue weighted by Crippen LogP contribution is -2.18. The number of para-hydroxylation sites is 3. The molecule has 6 aromatic rings. The van der Waals surface area contributed by atoms with Crippen LogP contribution in [-0.2, 0) is 0 Å². The summed E-state index contributed by atoms with van der Waals surface area (Å²) in [4.78, 5) is 2.37. The normalized spacial score (nSPS) is 21.2. The highest BCUT2D eigenvalue weighted by atomic mass is 32.2. The van der Waals surface area contributed by atoms with Crippen LogP contribution in [0.25, 0.3) is 49.8 Å². The summed E-state index contributed by atoms with van der Waals surface area (Å²) in [5.41, 5.74) is 22.6. The molecule has 252 valence electrons. The number of ether oxygens (including phenoxy) is 1. The summed E-state index contributed by atoms with van der Waals surface area (Å²) in [6.07, 6.45) is 21.2. The Bertz CT molecular complexity index is 2990. The van der Waals surface area contributed by atoms with Gasteiger partial charge in [-0.25, -0.2) is 0 Å². The molecule has 0 amide bonds. The van der Waals surface area contributed by atoms with Crippen LogP contribution in [0.2, 0.25) is 0 Å². The van der Waals surface area contributed by atoms with Gasteiger partial charge in [0.05, 0.1) is 15.9 Å². The van der Waals surface area contributed by atoms with Crippen LogP contribution in [0.15, 0.2) is 202 Å². The molecule has 2 unspecified atom stereocenters. The topological polar surface area (TPSA) is 14.2 Å². The summed E-state index contributed by atoms with van der Waals surface area (Å²) in [6.45, 7) is 0. The third-order valence-electron chi connectivity index (χ3n) is 11.6. The molecule has 0 saturated heterocycles. The molecule has 6 aliphatic rings. The highest BCUT2D eigenvalue weighted by Gasteiger charge is 2.63. The van der Waals surface area contributed by atoms with Gasteiger partial charge in [0.25, 0.3) is 0 Å². The third-order valence-corrected chi connectivity index (χ3v) is 12.6. The van der Waals surface area contributed by atoms with Crippen molar-refractivity contribution in [1.29, 1.82) is 0 Å². The van der Waals surface area contributed by atoms with Crippen molar-refractivity contribution >= 4 is 55.9 Å². The Morgan fingerprint density at radius 2 is 1.44 bits per heavy atom. The van der Waals surface area contributed by atoms with Crippen molar-refractivity contribution in [3.63, 3.8) is 0 Å². The van der Waals surface area contributed by atoms with E-state index in [9.17, 15) is 0 Å². The first kappa shape index (κ1) is 30.0. The molecule has 2 atom stereocenters. The highest BCUT2D eigenvalue weighted by molar-refractivity contribution is 8.03. The number of fused-ring (bicyclic) bond motifs is 7. The van der Waals surface area contributed by atoms with E-state index in [0.717, 1.165) is 50.6 Å². The van der Waals surface area contributed by atoms with Crippen LogP contribution in [-0.4, -0.2) is 10.2 Å². The van der Waals surface area contributed by atoms with Gasteiger partial charge in [-0.1, -0.05) is 115 Å². The van der Waals surface area contributed by atoms with E-state index in [1.807, 2.05) is 6.08 Å². The van der Waals surface area contributed by atoms with Crippen LogP contribution in [0.5, 0.6) is 5.75 Å². The van der Waals surface area contributed by atoms with Crippen LogP contribution in [0.4, 0.5) is 0 Å². The van der Waals surface area contributed by atoms with Gasteiger partial charge in [-0.05, 0) is 101 Å². The lowest BCUT2D eigenvalue weighted by molar-refractivity contribution is 0.246. The quantitative estimate of drug-likeness (QED) is 0.170. The van der Waals surface area contributed by atoms with E-state index in [0.29, 0.717) is 5.92 Å². The minimum absolute atomic E-state index is 0.157. The van der Waals surface area contributed by atoms with Crippen molar-refractivity contribution < 1.29 is 4.74 Å². The van der Waals surface area contributed by atoms with Crippen LogP contribution in [0.3, 0.4) is 0 Å². The van der Waals surface area contributed by atoms with Gasteiger partial charge < -0.3 is 9.30 Å². The second kappa shape index (κ2) is 11.3. The molecule has 1 saturated carbocycles. The summed E-state index contributed by atoms with van der Waals surface area (Å²) >= 11 is 1.78. The van der Waals surface area contributed by atoms with Gasteiger partial charge in [0.15, 0.2) is 0 Å². The fraction of sp³-hybridized carbons (Fsp3) is 0.0588. The summed E-state index contributed by atoms with van der Waals surface area (Å²) in [5, 5.41) is 2.54. The van der Waals surface area contributed by atoms with Crippen LogP contribution in [0, 0.1) is 5.92 Å². The predicted octanol–water partition coefficient (Wildman–Crippen LogP) is 12.6.